The highest BCUT2D eigenvalue weighted by Crippen LogP contribution is 2.38. The lowest BCUT2D eigenvalue weighted by molar-refractivity contribution is -0.189. The first-order valence-corrected chi connectivity index (χ1v) is 11.9. The average molecular weight is 540 g/mol. The first-order chi connectivity index (χ1) is 18.6. The van der Waals surface area contributed by atoms with Crippen LogP contribution in [-0.4, -0.2) is 0 Å². The van der Waals surface area contributed by atoms with E-state index in [1.165, 1.54) is 5.56 Å². The van der Waals surface area contributed by atoms with E-state index in [1.54, 1.807) is 24.3 Å². The Hall–Kier alpha value is -4.33. The third kappa shape index (κ3) is 5.06. The van der Waals surface area contributed by atoms with E-state index in [1.807, 2.05) is 31.2 Å². The van der Waals surface area contributed by atoms with Crippen LogP contribution in [0, 0.1) is 29.1 Å². The van der Waals surface area contributed by atoms with Crippen molar-refractivity contribution in [2.45, 2.75) is 19.5 Å². The molecule has 8 heteroatoms. The minimum absolute atomic E-state index is 0.0381. The first-order valence-electron chi connectivity index (χ1n) is 11.9. The van der Waals surface area contributed by atoms with Gasteiger partial charge in [-0.25, -0.2) is 22.0 Å². The highest BCUT2D eigenvalue weighted by Gasteiger charge is 2.41. The van der Waals surface area contributed by atoms with Crippen molar-refractivity contribution in [1.29, 1.82) is 0 Å². The van der Waals surface area contributed by atoms with Crippen molar-refractivity contribution < 1.29 is 35.5 Å². The fraction of sp³-hybridized carbons (Fsp3) is 0.0968. The second-order valence-electron chi connectivity index (χ2n) is 8.93. The maximum absolute atomic E-state index is 14.9. The van der Waals surface area contributed by atoms with Crippen molar-refractivity contribution in [2.24, 2.45) is 0 Å². The zero-order chi connectivity index (χ0) is 27.9. The smallest absolute Gasteiger partial charge is 0.429 e. The zero-order valence-electron chi connectivity index (χ0n) is 20.3. The van der Waals surface area contributed by atoms with Crippen molar-refractivity contribution in [3.63, 3.8) is 0 Å². The molecule has 0 radical (unpaired) electrons. The van der Waals surface area contributed by atoms with E-state index in [-0.39, 0.29) is 16.3 Å². The minimum Gasteiger partial charge on any atom is -0.429 e. The molecule has 0 saturated heterocycles. The summed E-state index contributed by atoms with van der Waals surface area (Å²) in [6.07, 6.45) is -3.58. The van der Waals surface area contributed by atoms with Crippen LogP contribution in [0.2, 0.25) is 0 Å². The summed E-state index contributed by atoms with van der Waals surface area (Å²) in [5.41, 5.74) is 1.82. The molecule has 0 spiro atoms. The fourth-order valence-electron chi connectivity index (χ4n) is 4.35. The summed E-state index contributed by atoms with van der Waals surface area (Å²) in [6, 6.07) is 19.4. The summed E-state index contributed by atoms with van der Waals surface area (Å²) in [5.74, 6) is -8.48. The maximum Gasteiger partial charge on any atom is 0.432 e. The molecule has 0 aromatic heterocycles. The van der Waals surface area contributed by atoms with Gasteiger partial charge in [-0.2, -0.15) is 8.78 Å². The summed E-state index contributed by atoms with van der Waals surface area (Å²) in [6.45, 7) is 2.05. The van der Waals surface area contributed by atoms with Crippen molar-refractivity contribution in [1.82, 2.24) is 0 Å². The predicted octanol–water partition coefficient (Wildman–Crippen LogP) is 9.56. The Balaban J connectivity index is 1.42. The Labute approximate surface area is 219 Å². The van der Waals surface area contributed by atoms with Gasteiger partial charge in [-0.3, -0.25) is 0 Å². The molecule has 0 aliphatic heterocycles. The highest BCUT2D eigenvalue weighted by atomic mass is 19.3. The second kappa shape index (κ2) is 10.1. The molecule has 0 bridgehead atoms. The Morgan fingerprint density at radius 2 is 1.13 bits per heavy atom. The Morgan fingerprint density at radius 1 is 0.590 bits per heavy atom. The highest BCUT2D eigenvalue weighted by molar-refractivity contribution is 5.84. The van der Waals surface area contributed by atoms with Gasteiger partial charge in [0.2, 0.25) is 0 Å². The van der Waals surface area contributed by atoms with Gasteiger partial charge in [-0.15, -0.1) is 0 Å². The summed E-state index contributed by atoms with van der Waals surface area (Å²) in [7, 11) is 0. The lowest BCUT2D eigenvalue weighted by atomic mass is 9.98. The Bertz CT molecular complexity index is 1650. The van der Waals surface area contributed by atoms with Crippen molar-refractivity contribution in [2.75, 3.05) is 0 Å². The van der Waals surface area contributed by atoms with Gasteiger partial charge in [0.15, 0.2) is 17.5 Å². The van der Waals surface area contributed by atoms with Crippen LogP contribution in [0.5, 0.6) is 5.75 Å². The van der Waals surface area contributed by atoms with E-state index >= 15 is 0 Å². The minimum atomic E-state index is -4.48. The molecular formula is C31H19F7O. The van der Waals surface area contributed by atoms with E-state index in [4.69, 9.17) is 0 Å². The van der Waals surface area contributed by atoms with E-state index in [0.29, 0.717) is 11.6 Å². The number of fused-ring (bicyclic) bond motifs is 1. The Morgan fingerprint density at radius 3 is 1.69 bits per heavy atom. The second-order valence-corrected chi connectivity index (χ2v) is 8.93. The average Bonchev–Trinajstić information content (AvgIpc) is 2.91. The van der Waals surface area contributed by atoms with Gasteiger partial charge in [-0.1, -0.05) is 55.5 Å². The van der Waals surface area contributed by atoms with Gasteiger partial charge in [0.1, 0.15) is 22.9 Å². The number of rotatable bonds is 6. The van der Waals surface area contributed by atoms with Gasteiger partial charge in [0, 0.05) is 5.39 Å². The van der Waals surface area contributed by atoms with Crippen LogP contribution in [-0.2, 0) is 12.5 Å². The summed E-state index contributed by atoms with van der Waals surface area (Å²) >= 11 is 0. The first kappa shape index (κ1) is 26.3. The lowest BCUT2D eigenvalue weighted by Gasteiger charge is -2.20. The van der Waals surface area contributed by atoms with Crippen molar-refractivity contribution in [3.8, 4) is 28.0 Å². The van der Waals surface area contributed by atoms with Crippen molar-refractivity contribution >= 4 is 10.8 Å². The van der Waals surface area contributed by atoms with Crippen LogP contribution in [0.25, 0.3) is 33.0 Å². The normalized spacial score (nSPS) is 11.7. The van der Waals surface area contributed by atoms with Crippen LogP contribution in [0.1, 0.15) is 18.1 Å². The third-order valence-electron chi connectivity index (χ3n) is 6.44. The van der Waals surface area contributed by atoms with E-state index in [0.717, 1.165) is 47.9 Å². The largest absolute Gasteiger partial charge is 0.432 e. The summed E-state index contributed by atoms with van der Waals surface area (Å²) < 4.78 is 105. The molecule has 0 aliphatic carbocycles. The van der Waals surface area contributed by atoms with Gasteiger partial charge < -0.3 is 4.74 Å². The van der Waals surface area contributed by atoms with Crippen LogP contribution in [0.4, 0.5) is 30.7 Å². The van der Waals surface area contributed by atoms with Crippen LogP contribution >= 0.6 is 0 Å². The third-order valence-corrected chi connectivity index (χ3v) is 6.44. The molecule has 5 rings (SSSR count). The molecule has 5 aromatic carbocycles. The molecule has 39 heavy (non-hydrogen) atoms. The number of ether oxygens (including phenoxy) is 1. The lowest BCUT2D eigenvalue weighted by Crippen LogP contribution is -2.25. The molecule has 0 saturated carbocycles. The van der Waals surface area contributed by atoms with E-state index in [9.17, 15) is 30.7 Å². The van der Waals surface area contributed by atoms with Gasteiger partial charge >= 0.3 is 6.11 Å². The molecule has 5 aromatic rings. The summed E-state index contributed by atoms with van der Waals surface area (Å²) in [5, 5.41) is -0.656. The molecular weight excluding hydrogens is 521 g/mol. The standard InChI is InChI=1S/C31H19F7O/c1-2-17-3-5-18(6-4-17)19-7-9-20(10-8-19)21-14-25(32)28(26(33)15-21)31(37,38)39-23-11-12-24-22(13-23)16-27(34)30(36)29(24)35/h3-16H,2H2,1H3. The van der Waals surface area contributed by atoms with E-state index in [2.05, 4.69) is 4.74 Å². The number of halogens is 7. The SMILES string of the molecule is CCc1ccc(-c2ccc(-c3cc(F)c(C(F)(F)Oc4ccc5c(F)c(F)c(F)cc5c4)c(F)c3)cc2)cc1. The number of hydrogen-bond acceptors (Lipinski definition) is 1. The quantitative estimate of drug-likeness (QED) is 0.154. The monoisotopic (exact) mass is 540 g/mol. The zero-order valence-corrected chi connectivity index (χ0v) is 20.3. The molecule has 0 fully saturated rings. The van der Waals surface area contributed by atoms with E-state index < -0.39 is 46.5 Å². The topological polar surface area (TPSA) is 9.23 Å². The molecule has 0 atom stereocenters. The molecule has 0 amide bonds. The number of alkyl halides is 2. The van der Waals surface area contributed by atoms with Gasteiger partial charge in [-0.05, 0) is 76.0 Å². The molecule has 198 valence electrons. The maximum atomic E-state index is 14.9. The van der Waals surface area contributed by atoms with Crippen LogP contribution in [0.3, 0.4) is 0 Å². The fourth-order valence-corrected chi connectivity index (χ4v) is 4.35. The predicted molar refractivity (Wildman–Crippen MR) is 135 cm³/mol. The summed E-state index contributed by atoms with van der Waals surface area (Å²) in [4.78, 5) is 0. The number of benzene rings is 5. The molecule has 1 nitrogen and oxygen atoms in total. The molecule has 0 N–H and O–H groups in total. The van der Waals surface area contributed by atoms with Crippen LogP contribution in [0.15, 0.2) is 84.9 Å². The molecule has 0 heterocycles. The number of aryl methyl sites for hydroxylation is 1. The molecule has 0 unspecified atom stereocenters. The Kier molecular flexibility index (Phi) is 6.80. The number of hydrogen-bond donors (Lipinski definition) is 0. The van der Waals surface area contributed by atoms with Crippen molar-refractivity contribution in [3.05, 3.63) is 125 Å². The van der Waals surface area contributed by atoms with Gasteiger partial charge in [0.25, 0.3) is 0 Å². The molecule has 0 aliphatic rings. The van der Waals surface area contributed by atoms with Gasteiger partial charge in [0.05, 0.1) is 0 Å². The van der Waals surface area contributed by atoms with Crippen LogP contribution < -0.4 is 4.74 Å².